The van der Waals surface area contributed by atoms with E-state index >= 15 is 0 Å². The second kappa shape index (κ2) is 4.90. The average molecular weight is 234 g/mol. The zero-order chi connectivity index (χ0) is 12.4. The summed E-state index contributed by atoms with van der Waals surface area (Å²) in [5.41, 5.74) is 8.11. The summed E-state index contributed by atoms with van der Waals surface area (Å²) in [7, 11) is 0. The number of nitrogens with zero attached hydrogens (tertiary/aromatic N) is 3. The molecule has 4 heteroatoms. The van der Waals surface area contributed by atoms with Gasteiger partial charge in [-0.25, -0.2) is 4.98 Å². The van der Waals surface area contributed by atoms with Gasteiger partial charge in [0.25, 0.3) is 0 Å². The Hall–Kier alpha value is -1.32. The lowest BCUT2D eigenvalue weighted by atomic mass is 10.0. The van der Waals surface area contributed by atoms with E-state index in [0.717, 1.165) is 37.3 Å². The standard InChI is InChI=1S/C13H22N4/c1-4-10(5-2)17-8-6-7-11-9(3)15-13(14)16-12(11)17/h10H,4-8H2,1-3H3,(H2,14,15,16). The monoisotopic (exact) mass is 234 g/mol. The second-order valence-corrected chi connectivity index (χ2v) is 4.74. The molecular weight excluding hydrogens is 212 g/mol. The van der Waals surface area contributed by atoms with E-state index in [-0.39, 0.29) is 0 Å². The Labute approximate surface area is 103 Å². The molecule has 2 N–H and O–H groups in total. The number of fused-ring (bicyclic) bond motifs is 1. The Morgan fingerprint density at radius 3 is 2.65 bits per heavy atom. The molecule has 0 unspecified atom stereocenters. The van der Waals surface area contributed by atoms with E-state index in [1.807, 2.05) is 6.92 Å². The topological polar surface area (TPSA) is 55.0 Å². The van der Waals surface area contributed by atoms with Gasteiger partial charge in [0, 0.05) is 23.8 Å². The number of rotatable bonds is 3. The third kappa shape index (κ3) is 2.21. The molecule has 0 aromatic carbocycles. The van der Waals surface area contributed by atoms with Crippen LogP contribution >= 0.6 is 0 Å². The first kappa shape index (κ1) is 12.1. The lowest BCUT2D eigenvalue weighted by Gasteiger charge is -2.36. The first-order chi connectivity index (χ1) is 8.17. The third-order valence-corrected chi connectivity index (χ3v) is 3.69. The average Bonchev–Trinajstić information content (AvgIpc) is 2.31. The van der Waals surface area contributed by atoms with Crippen LogP contribution < -0.4 is 10.6 Å². The lowest BCUT2D eigenvalue weighted by Crippen LogP contribution is -2.39. The fraction of sp³-hybridized carbons (Fsp3) is 0.692. The van der Waals surface area contributed by atoms with Crippen LogP contribution in [0.4, 0.5) is 11.8 Å². The molecule has 1 aromatic heterocycles. The van der Waals surface area contributed by atoms with Gasteiger partial charge in [-0.05, 0) is 32.6 Å². The van der Waals surface area contributed by atoms with Crippen LogP contribution in [0.1, 0.15) is 44.4 Å². The molecule has 0 fully saturated rings. The summed E-state index contributed by atoms with van der Waals surface area (Å²) in [5, 5.41) is 0. The van der Waals surface area contributed by atoms with Crippen LogP contribution in [0.3, 0.4) is 0 Å². The molecule has 2 rings (SSSR count). The molecule has 0 aliphatic carbocycles. The lowest BCUT2D eigenvalue weighted by molar-refractivity contribution is 0.525. The van der Waals surface area contributed by atoms with E-state index < -0.39 is 0 Å². The molecule has 94 valence electrons. The molecule has 4 nitrogen and oxygen atoms in total. The van der Waals surface area contributed by atoms with Gasteiger partial charge >= 0.3 is 0 Å². The Kier molecular flexibility index (Phi) is 3.50. The number of hydrogen-bond donors (Lipinski definition) is 1. The van der Waals surface area contributed by atoms with E-state index in [1.165, 1.54) is 12.0 Å². The molecule has 0 radical (unpaired) electrons. The number of anilines is 2. The highest BCUT2D eigenvalue weighted by atomic mass is 15.2. The predicted octanol–water partition coefficient (Wildman–Crippen LogP) is 2.31. The van der Waals surface area contributed by atoms with E-state index in [4.69, 9.17) is 5.73 Å². The van der Waals surface area contributed by atoms with Crippen LogP contribution in [0.15, 0.2) is 0 Å². The zero-order valence-electron chi connectivity index (χ0n) is 11.0. The maximum Gasteiger partial charge on any atom is 0.222 e. The van der Waals surface area contributed by atoms with E-state index in [0.29, 0.717) is 12.0 Å². The van der Waals surface area contributed by atoms with Crippen LogP contribution in [-0.2, 0) is 6.42 Å². The first-order valence-electron chi connectivity index (χ1n) is 6.57. The van der Waals surface area contributed by atoms with Crippen molar-refractivity contribution in [2.45, 2.75) is 52.5 Å². The molecule has 0 spiro atoms. The van der Waals surface area contributed by atoms with Gasteiger partial charge in [-0.15, -0.1) is 0 Å². The predicted molar refractivity (Wildman–Crippen MR) is 71.2 cm³/mol. The fourth-order valence-corrected chi connectivity index (χ4v) is 2.75. The second-order valence-electron chi connectivity index (χ2n) is 4.74. The number of nitrogens with two attached hydrogens (primary N) is 1. The number of hydrogen-bond acceptors (Lipinski definition) is 4. The molecule has 0 bridgehead atoms. The Balaban J connectivity index is 2.43. The highest BCUT2D eigenvalue weighted by Gasteiger charge is 2.25. The summed E-state index contributed by atoms with van der Waals surface area (Å²) in [4.78, 5) is 11.2. The highest BCUT2D eigenvalue weighted by Crippen LogP contribution is 2.30. The van der Waals surface area contributed by atoms with Crippen LogP contribution in [0, 0.1) is 6.92 Å². The Morgan fingerprint density at radius 1 is 1.29 bits per heavy atom. The van der Waals surface area contributed by atoms with Crippen LogP contribution in [-0.4, -0.2) is 22.6 Å². The summed E-state index contributed by atoms with van der Waals surface area (Å²) in [6.07, 6.45) is 4.58. The quantitative estimate of drug-likeness (QED) is 0.872. The van der Waals surface area contributed by atoms with Crippen molar-refractivity contribution in [1.29, 1.82) is 0 Å². The van der Waals surface area contributed by atoms with E-state index in [2.05, 4.69) is 28.7 Å². The summed E-state index contributed by atoms with van der Waals surface area (Å²) in [6.45, 7) is 7.60. The van der Waals surface area contributed by atoms with E-state index in [1.54, 1.807) is 0 Å². The maximum absolute atomic E-state index is 5.78. The number of aromatic nitrogens is 2. The summed E-state index contributed by atoms with van der Waals surface area (Å²) >= 11 is 0. The van der Waals surface area contributed by atoms with Crippen LogP contribution in [0.2, 0.25) is 0 Å². The van der Waals surface area contributed by atoms with Gasteiger partial charge in [0.2, 0.25) is 5.95 Å². The molecule has 0 atom stereocenters. The highest BCUT2D eigenvalue weighted by molar-refractivity contribution is 5.54. The first-order valence-corrected chi connectivity index (χ1v) is 6.57. The molecule has 2 heterocycles. The van der Waals surface area contributed by atoms with Crippen molar-refractivity contribution < 1.29 is 0 Å². The summed E-state index contributed by atoms with van der Waals surface area (Å²) in [5.74, 6) is 1.48. The van der Waals surface area contributed by atoms with Gasteiger partial charge < -0.3 is 10.6 Å². The minimum Gasteiger partial charge on any atom is -0.368 e. The molecular formula is C13H22N4. The molecule has 1 aliphatic rings. The van der Waals surface area contributed by atoms with Crippen LogP contribution in [0.25, 0.3) is 0 Å². The van der Waals surface area contributed by atoms with E-state index in [9.17, 15) is 0 Å². The Bertz CT molecular complexity index is 399. The van der Waals surface area contributed by atoms with Crippen molar-refractivity contribution in [1.82, 2.24) is 9.97 Å². The molecule has 0 saturated carbocycles. The molecule has 1 aromatic rings. The van der Waals surface area contributed by atoms with Crippen molar-refractivity contribution in [3.63, 3.8) is 0 Å². The normalized spacial score (nSPS) is 15.2. The third-order valence-electron chi connectivity index (χ3n) is 3.69. The fourth-order valence-electron chi connectivity index (χ4n) is 2.75. The van der Waals surface area contributed by atoms with Crippen LogP contribution in [0.5, 0.6) is 0 Å². The van der Waals surface area contributed by atoms with Gasteiger partial charge in [-0.1, -0.05) is 13.8 Å². The van der Waals surface area contributed by atoms with Gasteiger partial charge in [0.05, 0.1) is 0 Å². The van der Waals surface area contributed by atoms with Gasteiger partial charge in [-0.2, -0.15) is 4.98 Å². The minimum absolute atomic E-state index is 0.402. The van der Waals surface area contributed by atoms with Gasteiger partial charge in [0.15, 0.2) is 0 Å². The number of nitrogen functional groups attached to an aromatic ring is 1. The largest absolute Gasteiger partial charge is 0.368 e. The molecule has 17 heavy (non-hydrogen) atoms. The molecule has 0 saturated heterocycles. The van der Waals surface area contributed by atoms with Crippen molar-refractivity contribution in [3.05, 3.63) is 11.3 Å². The van der Waals surface area contributed by atoms with Crippen molar-refractivity contribution in [3.8, 4) is 0 Å². The minimum atomic E-state index is 0.402. The van der Waals surface area contributed by atoms with Gasteiger partial charge in [0.1, 0.15) is 5.82 Å². The summed E-state index contributed by atoms with van der Waals surface area (Å²) < 4.78 is 0. The molecule has 1 aliphatic heterocycles. The summed E-state index contributed by atoms with van der Waals surface area (Å²) in [6, 6.07) is 0.572. The SMILES string of the molecule is CCC(CC)N1CCCc2c(C)nc(N)nc21. The van der Waals surface area contributed by atoms with Crippen molar-refractivity contribution in [2.24, 2.45) is 0 Å². The smallest absolute Gasteiger partial charge is 0.222 e. The van der Waals surface area contributed by atoms with Gasteiger partial charge in [-0.3, -0.25) is 0 Å². The maximum atomic E-state index is 5.78. The van der Waals surface area contributed by atoms with Crippen molar-refractivity contribution >= 4 is 11.8 Å². The zero-order valence-corrected chi connectivity index (χ0v) is 11.0. The van der Waals surface area contributed by atoms with Crippen molar-refractivity contribution in [2.75, 3.05) is 17.2 Å². The molecule has 0 amide bonds. The number of aryl methyl sites for hydroxylation is 1. The Morgan fingerprint density at radius 2 is 2.00 bits per heavy atom.